The number of aliphatic hydroxyl groups excluding tert-OH is 2. The molecule has 11 amide bonds. The number of hydrogen-bond acceptors (Lipinski definition) is 19. The van der Waals surface area contributed by atoms with Crippen molar-refractivity contribution in [3.63, 3.8) is 0 Å². The number of H-pyrrole nitrogens is 2. The van der Waals surface area contributed by atoms with E-state index in [2.05, 4.69) is 63.1 Å². The lowest BCUT2D eigenvalue weighted by atomic mass is 9.96. The number of carbonyl (C=O) groups excluding carboxylic acids is 11. The van der Waals surface area contributed by atoms with Gasteiger partial charge in [0.2, 0.25) is 65.0 Å². The summed E-state index contributed by atoms with van der Waals surface area (Å²) in [7, 11) is 0. The third kappa shape index (κ3) is 25.9. The zero-order valence-corrected chi connectivity index (χ0v) is 62.3. The molecule has 0 saturated carbocycles. The zero-order valence-electron chi connectivity index (χ0n) is 62.3. The van der Waals surface area contributed by atoms with Crippen molar-refractivity contribution in [2.75, 3.05) is 32.8 Å². The Morgan fingerprint density at radius 3 is 1.50 bits per heavy atom. The first kappa shape index (κ1) is 86.9. The van der Waals surface area contributed by atoms with Crippen LogP contribution in [0.2, 0.25) is 0 Å². The Morgan fingerprint density at radius 2 is 0.982 bits per heavy atom. The van der Waals surface area contributed by atoms with Crippen molar-refractivity contribution in [3.05, 3.63) is 138 Å². The topological polar surface area (TPSA) is 556 Å². The molecule has 1 saturated heterocycles. The van der Waals surface area contributed by atoms with Crippen LogP contribution in [0.5, 0.6) is 5.75 Å². The first-order valence-electron chi connectivity index (χ1n) is 37.2. The number of rotatable bonds is 45. The van der Waals surface area contributed by atoms with E-state index in [-0.39, 0.29) is 83.2 Å². The largest absolute Gasteiger partial charge is 0.508 e. The fourth-order valence-electron chi connectivity index (χ4n) is 12.9. The van der Waals surface area contributed by atoms with Gasteiger partial charge in [-0.2, -0.15) is 0 Å². The van der Waals surface area contributed by atoms with Crippen molar-refractivity contribution in [2.24, 2.45) is 23.1 Å². The maximum absolute atomic E-state index is 14.7. The van der Waals surface area contributed by atoms with Crippen molar-refractivity contribution in [2.45, 2.75) is 190 Å². The van der Waals surface area contributed by atoms with Gasteiger partial charge in [0, 0.05) is 72.8 Å². The second-order valence-electron chi connectivity index (χ2n) is 27.8. The molecule has 0 unspecified atom stereocenters. The van der Waals surface area contributed by atoms with E-state index >= 15 is 0 Å². The number of para-hydroxylation sites is 2. The SMILES string of the molecule is CC[C@H](C)[C@H](NC(=O)[C@H](CO)NC(=O)[C@H](Cc1ccccc1)NC(=O)[C@H](Cc1c[nH]c2ccccc12)NC(=O)[C@@H](N)CCC(=O)O)C(=O)N1CCC[C@@H]1C(=O)NCC(=O)N[C@@H](CCCCN)C(=O)N[C@H](C(=O)N[C@@H](Cc1ccc(O)cc1)C(=O)N[C@@H](Cc1c[nH]c2ccccc12)C(=O)N[C@@H](CCCCN)C(=O)O)[C@@H](C)O. The Labute approximate surface area is 641 Å². The number of carbonyl (C=O) groups is 13. The fraction of sp³-hybridized carbons (Fsp3) is 0.468. The standard InChI is InChI=1S/C77H104N16O18/c1-4-43(2)65(91-73(106)61(42-94)90-70(103)57(35-45-17-6-5-7-18-45)87-72(105)59(86-67(100)52(80)30-31-64(98)99)37-47-39-81-53-21-10-8-19-50(47)53)76(109)93-34-16-25-62(93)74(107)83-41-63(97)84-55(23-12-14-32-78)68(101)92-66(44(3)95)75(108)89-58(36-46-26-28-49(96)29-27-46)69(102)88-60(38-48-40-82-54-22-11-9-20-51(48)54)71(104)85-56(77(110)111)24-13-15-33-79/h5-11,17-22,26-29,39-40,43-44,52,55-62,65-66,81-82,94-96H,4,12-16,23-25,30-38,41-42,78-80H2,1-3H3,(H,83,107)(H,84,97)(H,85,104)(H,86,100)(H,87,105)(H,88,102)(H,89,108)(H,90,103)(H,91,106)(H,92,101)(H,98,99)(H,110,111)/t43-,44+,52-,55-,56-,57-,58-,59-,60-,61-,62+,65-,66-/m0/s1. The van der Waals surface area contributed by atoms with Crippen LogP contribution in [-0.4, -0.2) is 223 Å². The maximum Gasteiger partial charge on any atom is 0.326 e. The number of unbranched alkanes of at least 4 members (excludes halogenated alkanes) is 2. The van der Waals surface area contributed by atoms with Gasteiger partial charge >= 0.3 is 11.9 Å². The van der Waals surface area contributed by atoms with Crippen molar-refractivity contribution in [3.8, 4) is 5.75 Å². The lowest BCUT2D eigenvalue weighted by molar-refractivity contribution is -0.143. The lowest BCUT2D eigenvalue weighted by Crippen LogP contribution is -2.62. The smallest absolute Gasteiger partial charge is 0.326 e. The van der Waals surface area contributed by atoms with E-state index in [0.29, 0.717) is 65.3 Å². The van der Waals surface area contributed by atoms with Crippen LogP contribution in [0, 0.1) is 5.92 Å². The molecule has 34 nitrogen and oxygen atoms in total. The number of aromatic amines is 2. The van der Waals surface area contributed by atoms with Gasteiger partial charge in [-0.15, -0.1) is 0 Å². The third-order valence-corrected chi connectivity index (χ3v) is 19.5. The molecular weight excluding hydrogens is 1440 g/mol. The molecule has 13 atom stereocenters. The zero-order chi connectivity index (χ0) is 80.8. The van der Waals surface area contributed by atoms with Gasteiger partial charge in [0.05, 0.1) is 25.3 Å². The Kier molecular flexibility index (Phi) is 33.8. The highest BCUT2D eigenvalue weighted by atomic mass is 16.4. The molecule has 6 aromatic rings. The number of phenolic OH excluding ortho intramolecular Hbond substituents is 1. The number of nitrogens with one attached hydrogen (secondary N) is 12. The average Bonchev–Trinajstić information content (AvgIpc) is 1.73. The molecule has 0 aliphatic carbocycles. The summed E-state index contributed by atoms with van der Waals surface area (Å²) in [6.07, 6.45) is 2.39. The van der Waals surface area contributed by atoms with Gasteiger partial charge in [-0.05, 0) is 130 Å². The molecule has 2 aromatic heterocycles. The van der Waals surface area contributed by atoms with Gasteiger partial charge in [-0.1, -0.05) is 99.1 Å². The number of aromatic nitrogens is 2. The lowest BCUT2D eigenvalue weighted by Gasteiger charge is -2.32. The molecule has 1 fully saturated rings. The molecular formula is C77H104N16O18. The third-order valence-electron chi connectivity index (χ3n) is 19.5. The summed E-state index contributed by atoms with van der Waals surface area (Å²) in [4.78, 5) is 188. The van der Waals surface area contributed by atoms with Crippen LogP contribution < -0.4 is 70.4 Å². The van der Waals surface area contributed by atoms with E-state index in [1.54, 1.807) is 105 Å². The van der Waals surface area contributed by atoms with Crippen LogP contribution in [-0.2, 0) is 88.0 Å². The van der Waals surface area contributed by atoms with Crippen molar-refractivity contribution < 1.29 is 87.9 Å². The number of aliphatic hydroxyl groups is 2. The molecule has 3 heterocycles. The molecule has 1 aliphatic rings. The first-order chi connectivity index (χ1) is 53.1. The van der Waals surface area contributed by atoms with E-state index in [9.17, 15) is 87.9 Å². The highest BCUT2D eigenvalue weighted by molar-refractivity contribution is 6.00. The first-order valence-corrected chi connectivity index (χ1v) is 37.2. The van der Waals surface area contributed by atoms with Crippen molar-refractivity contribution in [1.29, 1.82) is 0 Å². The van der Waals surface area contributed by atoms with E-state index in [1.165, 1.54) is 36.1 Å². The number of aromatic hydroxyl groups is 1. The summed E-state index contributed by atoms with van der Waals surface area (Å²) in [6.45, 7) is 3.35. The highest BCUT2D eigenvalue weighted by Crippen LogP contribution is 2.25. The minimum Gasteiger partial charge on any atom is -0.508 e. The predicted octanol–water partition coefficient (Wildman–Crippen LogP) is -0.950. The summed E-state index contributed by atoms with van der Waals surface area (Å²) < 4.78 is 0. The second-order valence-corrected chi connectivity index (χ2v) is 27.8. The van der Waals surface area contributed by atoms with Gasteiger partial charge < -0.3 is 111 Å². The summed E-state index contributed by atoms with van der Waals surface area (Å²) in [5.41, 5.74) is 21.1. The molecule has 23 N–H and O–H groups in total. The summed E-state index contributed by atoms with van der Waals surface area (Å²) in [5, 5.41) is 78.6. The summed E-state index contributed by atoms with van der Waals surface area (Å²) in [5.74, 6) is -13.2. The Hall–Kier alpha value is -11.3. The number of carboxylic acids is 2. The van der Waals surface area contributed by atoms with Crippen LogP contribution in [0.25, 0.3) is 21.8 Å². The maximum atomic E-state index is 14.7. The normalized spacial score (nSPS) is 15.9. The number of fused-ring (bicyclic) bond motifs is 2. The molecule has 7 rings (SSSR count). The minimum absolute atomic E-state index is 0.0274. The van der Waals surface area contributed by atoms with E-state index in [1.807, 2.05) is 0 Å². The molecule has 1 aliphatic heterocycles. The number of likely N-dealkylation sites (tertiary alicyclic amines) is 1. The monoisotopic (exact) mass is 1540 g/mol. The second kappa shape index (κ2) is 43.2. The number of nitrogens with zero attached hydrogens (tertiary/aromatic N) is 1. The molecule has 111 heavy (non-hydrogen) atoms. The number of benzene rings is 4. The van der Waals surface area contributed by atoms with Crippen LogP contribution in [0.3, 0.4) is 0 Å². The van der Waals surface area contributed by atoms with E-state index < -0.39 is 175 Å². The van der Waals surface area contributed by atoms with E-state index in [0.717, 1.165) is 10.9 Å². The van der Waals surface area contributed by atoms with Crippen LogP contribution in [0.15, 0.2) is 116 Å². The molecule has 34 heteroatoms. The summed E-state index contributed by atoms with van der Waals surface area (Å²) in [6, 6.07) is 12.4. The quantitative estimate of drug-likeness (QED) is 0.0205. The minimum atomic E-state index is -1.81. The van der Waals surface area contributed by atoms with Gasteiger partial charge in [0.1, 0.15) is 66.2 Å². The summed E-state index contributed by atoms with van der Waals surface area (Å²) >= 11 is 0. The molecule has 0 spiro atoms. The van der Waals surface area contributed by atoms with Crippen LogP contribution in [0.1, 0.15) is 114 Å². The fourth-order valence-corrected chi connectivity index (χ4v) is 12.9. The Morgan fingerprint density at radius 1 is 0.523 bits per heavy atom. The Balaban J connectivity index is 1.01. The number of hydrogen-bond donors (Lipinski definition) is 20. The van der Waals surface area contributed by atoms with Gasteiger partial charge in [-0.3, -0.25) is 57.5 Å². The number of phenols is 1. The number of carboxylic acid groups (broad SMARTS) is 2. The van der Waals surface area contributed by atoms with Crippen molar-refractivity contribution >= 4 is 98.7 Å². The number of nitrogens with two attached hydrogens (primary N) is 3. The number of amides is 11. The molecule has 600 valence electrons. The molecule has 0 bridgehead atoms. The van der Waals surface area contributed by atoms with Crippen LogP contribution in [0.4, 0.5) is 0 Å². The average molecular weight is 1540 g/mol. The van der Waals surface area contributed by atoms with Crippen LogP contribution >= 0.6 is 0 Å². The number of aliphatic carboxylic acids is 2. The predicted molar refractivity (Wildman–Crippen MR) is 408 cm³/mol. The van der Waals surface area contributed by atoms with Crippen molar-refractivity contribution in [1.82, 2.24) is 68.0 Å². The van der Waals surface area contributed by atoms with E-state index in [4.69, 9.17) is 17.2 Å². The molecule has 4 aromatic carbocycles. The van der Waals surface area contributed by atoms with Gasteiger partial charge in [0.25, 0.3) is 0 Å². The molecule has 0 radical (unpaired) electrons. The highest BCUT2D eigenvalue weighted by Gasteiger charge is 2.42. The Bertz CT molecular complexity index is 4170. The van der Waals surface area contributed by atoms with Gasteiger partial charge in [0.15, 0.2) is 0 Å². The van der Waals surface area contributed by atoms with Gasteiger partial charge in [-0.25, -0.2) is 4.79 Å².